The van der Waals surface area contributed by atoms with Gasteiger partial charge >= 0.3 is 0 Å². The van der Waals surface area contributed by atoms with Crippen molar-refractivity contribution in [3.63, 3.8) is 0 Å². The van der Waals surface area contributed by atoms with E-state index in [1.165, 1.54) is 0 Å². The molecule has 1 aliphatic heterocycles. The SMILES string of the molecule is O=C(NO)[C@@H]1CCNC1. The molecule has 52 valence electrons. The quantitative estimate of drug-likeness (QED) is 0.318. The Kier molecular flexibility index (Phi) is 2.02. The smallest absolute Gasteiger partial charge is 0.247 e. The van der Waals surface area contributed by atoms with E-state index in [0.717, 1.165) is 13.0 Å². The van der Waals surface area contributed by atoms with Crippen molar-refractivity contribution in [3.05, 3.63) is 0 Å². The van der Waals surface area contributed by atoms with Crippen LogP contribution < -0.4 is 10.8 Å². The molecule has 0 saturated carbocycles. The van der Waals surface area contributed by atoms with Gasteiger partial charge in [0, 0.05) is 6.54 Å². The lowest BCUT2D eigenvalue weighted by atomic mass is 10.1. The first-order valence-electron chi connectivity index (χ1n) is 2.99. The van der Waals surface area contributed by atoms with Gasteiger partial charge in [-0.1, -0.05) is 0 Å². The Labute approximate surface area is 53.2 Å². The van der Waals surface area contributed by atoms with Gasteiger partial charge in [0.05, 0.1) is 5.92 Å². The Morgan fingerprint density at radius 2 is 2.56 bits per heavy atom. The molecule has 1 rings (SSSR count). The van der Waals surface area contributed by atoms with Crippen LogP contribution in [0, 0.1) is 5.92 Å². The van der Waals surface area contributed by atoms with Gasteiger partial charge in [-0.3, -0.25) is 10.0 Å². The average molecular weight is 130 g/mol. The largest absolute Gasteiger partial charge is 0.316 e. The summed E-state index contributed by atoms with van der Waals surface area (Å²) in [4.78, 5) is 10.6. The van der Waals surface area contributed by atoms with E-state index in [0.29, 0.717) is 6.54 Å². The lowest BCUT2D eigenvalue weighted by Gasteiger charge is -2.02. The van der Waals surface area contributed by atoms with Crippen LogP contribution in [-0.2, 0) is 4.79 Å². The van der Waals surface area contributed by atoms with Gasteiger partial charge in [-0.15, -0.1) is 0 Å². The molecule has 1 aliphatic rings. The third-order valence-corrected chi connectivity index (χ3v) is 1.54. The Morgan fingerprint density at radius 3 is 3.00 bits per heavy atom. The zero-order valence-electron chi connectivity index (χ0n) is 5.05. The molecule has 1 saturated heterocycles. The summed E-state index contributed by atoms with van der Waals surface area (Å²) in [5.41, 5.74) is 1.63. The number of carbonyl (C=O) groups is 1. The highest BCUT2D eigenvalue weighted by atomic mass is 16.5. The van der Waals surface area contributed by atoms with E-state index in [1.54, 1.807) is 5.48 Å². The van der Waals surface area contributed by atoms with Gasteiger partial charge in [0.25, 0.3) is 0 Å². The Hall–Kier alpha value is -0.610. The van der Waals surface area contributed by atoms with Crippen molar-refractivity contribution in [2.45, 2.75) is 6.42 Å². The van der Waals surface area contributed by atoms with Crippen LogP contribution in [0.2, 0.25) is 0 Å². The minimum absolute atomic E-state index is 0.0324. The molecule has 0 aromatic heterocycles. The minimum Gasteiger partial charge on any atom is -0.316 e. The molecule has 0 unspecified atom stereocenters. The van der Waals surface area contributed by atoms with Crippen molar-refractivity contribution in [1.29, 1.82) is 0 Å². The molecule has 0 aliphatic carbocycles. The molecule has 1 heterocycles. The van der Waals surface area contributed by atoms with Crippen LogP contribution in [0.5, 0.6) is 0 Å². The van der Waals surface area contributed by atoms with Crippen LogP contribution in [0.1, 0.15) is 6.42 Å². The highest BCUT2D eigenvalue weighted by molar-refractivity contribution is 5.77. The summed E-state index contributed by atoms with van der Waals surface area (Å²) in [6.45, 7) is 1.56. The number of hydrogen-bond donors (Lipinski definition) is 3. The van der Waals surface area contributed by atoms with Crippen molar-refractivity contribution in [2.75, 3.05) is 13.1 Å². The molecule has 0 radical (unpaired) electrons. The number of amides is 1. The lowest BCUT2D eigenvalue weighted by Crippen LogP contribution is -2.29. The molecule has 0 aromatic rings. The first-order chi connectivity index (χ1) is 4.34. The second-order valence-corrected chi connectivity index (χ2v) is 2.17. The van der Waals surface area contributed by atoms with Crippen LogP contribution in [-0.4, -0.2) is 24.2 Å². The third kappa shape index (κ3) is 1.40. The van der Waals surface area contributed by atoms with Gasteiger partial charge in [-0.2, -0.15) is 0 Å². The zero-order valence-corrected chi connectivity index (χ0v) is 5.05. The fourth-order valence-corrected chi connectivity index (χ4v) is 0.970. The second kappa shape index (κ2) is 2.80. The van der Waals surface area contributed by atoms with E-state index in [1.807, 2.05) is 0 Å². The first kappa shape index (κ1) is 6.51. The first-order valence-corrected chi connectivity index (χ1v) is 2.99. The molecule has 9 heavy (non-hydrogen) atoms. The summed E-state index contributed by atoms with van der Waals surface area (Å²) in [6.07, 6.45) is 0.826. The summed E-state index contributed by atoms with van der Waals surface area (Å²) in [5.74, 6) is -0.310. The van der Waals surface area contributed by atoms with E-state index in [9.17, 15) is 4.79 Å². The molecular formula is C5H10N2O2. The van der Waals surface area contributed by atoms with Crippen LogP contribution in [0.3, 0.4) is 0 Å². The molecule has 0 aromatic carbocycles. The van der Waals surface area contributed by atoms with E-state index < -0.39 is 0 Å². The van der Waals surface area contributed by atoms with E-state index >= 15 is 0 Å². The number of hydrogen-bond acceptors (Lipinski definition) is 3. The Morgan fingerprint density at radius 1 is 1.78 bits per heavy atom. The standard InChI is InChI=1S/C5H10N2O2/c8-5(7-9)4-1-2-6-3-4/h4,6,9H,1-3H2,(H,7,8)/t4-/m1/s1. The fraction of sp³-hybridized carbons (Fsp3) is 0.800. The summed E-state index contributed by atoms with van der Waals surface area (Å²) < 4.78 is 0. The molecule has 0 spiro atoms. The molecule has 4 nitrogen and oxygen atoms in total. The van der Waals surface area contributed by atoms with E-state index in [-0.39, 0.29) is 11.8 Å². The second-order valence-electron chi connectivity index (χ2n) is 2.17. The van der Waals surface area contributed by atoms with Crippen LogP contribution in [0.25, 0.3) is 0 Å². The van der Waals surface area contributed by atoms with E-state index in [4.69, 9.17) is 5.21 Å². The van der Waals surface area contributed by atoms with Crippen molar-refractivity contribution < 1.29 is 10.0 Å². The predicted octanol–water partition coefficient (Wildman–Crippen LogP) is -0.899. The highest BCUT2D eigenvalue weighted by Crippen LogP contribution is 2.05. The van der Waals surface area contributed by atoms with Gasteiger partial charge in [-0.25, -0.2) is 5.48 Å². The van der Waals surface area contributed by atoms with E-state index in [2.05, 4.69) is 5.32 Å². The zero-order chi connectivity index (χ0) is 6.69. The molecular weight excluding hydrogens is 120 g/mol. The van der Waals surface area contributed by atoms with Crippen LogP contribution in [0.15, 0.2) is 0 Å². The van der Waals surface area contributed by atoms with Crippen molar-refractivity contribution in [3.8, 4) is 0 Å². The Balaban J connectivity index is 2.32. The maximum absolute atomic E-state index is 10.6. The molecule has 0 bridgehead atoms. The van der Waals surface area contributed by atoms with Crippen molar-refractivity contribution >= 4 is 5.91 Å². The van der Waals surface area contributed by atoms with Gasteiger partial charge in [-0.05, 0) is 13.0 Å². The topological polar surface area (TPSA) is 61.4 Å². The number of rotatable bonds is 1. The van der Waals surface area contributed by atoms with Gasteiger partial charge in [0.1, 0.15) is 0 Å². The van der Waals surface area contributed by atoms with Crippen LogP contribution >= 0.6 is 0 Å². The third-order valence-electron chi connectivity index (χ3n) is 1.54. The predicted molar refractivity (Wildman–Crippen MR) is 30.9 cm³/mol. The maximum atomic E-state index is 10.6. The van der Waals surface area contributed by atoms with Crippen molar-refractivity contribution in [2.24, 2.45) is 5.92 Å². The normalized spacial score (nSPS) is 26.1. The van der Waals surface area contributed by atoms with Gasteiger partial charge < -0.3 is 5.32 Å². The number of hydroxylamine groups is 1. The van der Waals surface area contributed by atoms with Gasteiger partial charge in [0.2, 0.25) is 5.91 Å². The fourth-order valence-electron chi connectivity index (χ4n) is 0.970. The van der Waals surface area contributed by atoms with Crippen molar-refractivity contribution in [1.82, 2.24) is 10.8 Å². The summed E-state index contributed by atoms with van der Waals surface area (Å²) >= 11 is 0. The summed E-state index contributed by atoms with van der Waals surface area (Å²) in [7, 11) is 0. The molecule has 3 N–H and O–H groups in total. The molecule has 1 amide bonds. The summed E-state index contributed by atoms with van der Waals surface area (Å²) in [6, 6.07) is 0. The average Bonchev–Trinajstić information content (AvgIpc) is 2.37. The monoisotopic (exact) mass is 130 g/mol. The Bertz CT molecular complexity index is 110. The lowest BCUT2D eigenvalue weighted by molar-refractivity contribution is -0.132. The number of carbonyl (C=O) groups excluding carboxylic acids is 1. The van der Waals surface area contributed by atoms with Gasteiger partial charge in [0.15, 0.2) is 0 Å². The molecule has 1 atom stereocenters. The molecule has 1 fully saturated rings. The molecule has 4 heteroatoms. The van der Waals surface area contributed by atoms with Crippen LogP contribution in [0.4, 0.5) is 0 Å². The number of nitrogens with one attached hydrogen (secondary N) is 2. The highest BCUT2D eigenvalue weighted by Gasteiger charge is 2.21. The maximum Gasteiger partial charge on any atom is 0.247 e. The summed E-state index contributed by atoms with van der Waals surface area (Å²) in [5, 5.41) is 11.2. The minimum atomic E-state index is -0.278.